The zero-order valence-corrected chi connectivity index (χ0v) is 20.5. The normalized spacial score (nSPS) is 23.3. The summed E-state index contributed by atoms with van der Waals surface area (Å²) >= 11 is 0. The molecule has 0 spiro atoms. The molecule has 3 rings (SSSR count). The van der Waals surface area contributed by atoms with Crippen LogP contribution in [0.2, 0.25) is 0 Å². The van der Waals surface area contributed by atoms with Crippen LogP contribution in [0.4, 0.5) is 0 Å². The number of hydrogen-bond donors (Lipinski definition) is 7. The molecule has 2 aromatic carbocycles. The van der Waals surface area contributed by atoms with Gasteiger partial charge in [0.25, 0.3) is 0 Å². The van der Waals surface area contributed by atoms with Crippen molar-refractivity contribution in [2.24, 2.45) is 0 Å². The first-order valence-corrected chi connectivity index (χ1v) is 11.7. The summed E-state index contributed by atoms with van der Waals surface area (Å²) in [6.45, 7) is -1.27. The van der Waals surface area contributed by atoms with Gasteiger partial charge in [-0.25, -0.2) is 4.79 Å². The van der Waals surface area contributed by atoms with Gasteiger partial charge in [-0.2, -0.15) is 0 Å². The number of carbonyl (C=O) groups excluding carboxylic acids is 2. The Hall–Kier alpha value is -4.23. The number of ketones is 2. The zero-order valence-electron chi connectivity index (χ0n) is 20.5. The van der Waals surface area contributed by atoms with Gasteiger partial charge in [0, 0.05) is 12.8 Å². The minimum atomic E-state index is -2.09. The van der Waals surface area contributed by atoms with Gasteiger partial charge in [0.1, 0.15) is 19.3 Å². The molecule has 1 aliphatic rings. The van der Waals surface area contributed by atoms with E-state index in [2.05, 4.69) is 0 Å². The molecule has 0 aliphatic heterocycles. The predicted octanol–water partition coefficient (Wildman–Crippen LogP) is 1.11. The molecule has 208 valence electrons. The number of aliphatic hydroxyl groups excluding tert-OH is 2. The van der Waals surface area contributed by atoms with Gasteiger partial charge < -0.3 is 45.2 Å². The first-order valence-electron chi connectivity index (χ1n) is 11.7. The summed E-state index contributed by atoms with van der Waals surface area (Å²) in [6.07, 6.45) is -0.551. The molecule has 2 aromatic rings. The largest absolute Gasteiger partial charge is 0.504 e. The first-order chi connectivity index (χ1) is 18.4. The quantitative estimate of drug-likeness (QED) is 0.157. The second kappa shape index (κ2) is 12.5. The average molecular weight is 545 g/mol. The van der Waals surface area contributed by atoms with E-state index >= 15 is 0 Å². The number of benzene rings is 2. The number of carboxylic acid groups (broad SMARTS) is 1. The number of aliphatic carboxylic acids is 1. The van der Waals surface area contributed by atoms with Crippen molar-refractivity contribution >= 4 is 29.7 Å². The highest BCUT2D eigenvalue weighted by molar-refractivity contribution is 5.95. The van der Waals surface area contributed by atoms with Crippen LogP contribution in [0.15, 0.2) is 48.6 Å². The Morgan fingerprint density at radius 1 is 0.795 bits per heavy atom. The molecule has 0 aromatic heterocycles. The number of phenolic OH excluding ortho intramolecular Hbond substituents is 4. The molecule has 1 aliphatic carbocycles. The van der Waals surface area contributed by atoms with Crippen molar-refractivity contribution in [1.82, 2.24) is 0 Å². The van der Waals surface area contributed by atoms with Crippen LogP contribution in [-0.2, 0) is 23.9 Å². The zero-order chi connectivity index (χ0) is 28.7. The van der Waals surface area contributed by atoms with E-state index in [0.717, 1.165) is 12.2 Å². The molecule has 0 unspecified atom stereocenters. The number of ether oxygens (including phenoxy) is 2. The molecule has 0 saturated heterocycles. The third kappa shape index (κ3) is 7.65. The SMILES string of the molecule is O=C(C=Cc1ccc(O)c(O)c1)CO[C@H]1C[C@](OCC(=O)C=Cc2ccc(O)c(O)c2)(C(=O)O)C[C@@H](O)[C@H]1O. The Morgan fingerprint density at radius 2 is 1.31 bits per heavy atom. The highest BCUT2D eigenvalue weighted by Gasteiger charge is 2.52. The topological polar surface area (TPSA) is 211 Å². The van der Waals surface area contributed by atoms with E-state index in [0.29, 0.717) is 11.1 Å². The smallest absolute Gasteiger partial charge is 0.336 e. The number of aromatic hydroxyl groups is 4. The third-order valence-corrected chi connectivity index (χ3v) is 6.09. The molecule has 1 fully saturated rings. The maximum absolute atomic E-state index is 12.3. The lowest BCUT2D eigenvalue weighted by Crippen LogP contribution is -2.58. The predicted molar refractivity (Wildman–Crippen MR) is 135 cm³/mol. The van der Waals surface area contributed by atoms with Gasteiger partial charge in [0.15, 0.2) is 40.2 Å². The molecule has 1 saturated carbocycles. The summed E-state index contributed by atoms with van der Waals surface area (Å²) in [4.78, 5) is 36.7. The number of rotatable bonds is 11. The average Bonchev–Trinajstić information content (AvgIpc) is 2.89. The van der Waals surface area contributed by atoms with Crippen molar-refractivity contribution in [2.75, 3.05) is 13.2 Å². The van der Waals surface area contributed by atoms with Crippen LogP contribution < -0.4 is 0 Å². The first kappa shape index (κ1) is 29.3. The summed E-state index contributed by atoms with van der Waals surface area (Å²) in [5.41, 5.74) is -1.30. The van der Waals surface area contributed by atoms with Gasteiger partial charge in [-0.05, 0) is 47.5 Å². The molecule has 0 heterocycles. The van der Waals surface area contributed by atoms with E-state index < -0.39 is 67.5 Å². The summed E-state index contributed by atoms with van der Waals surface area (Å²) < 4.78 is 10.8. The number of hydrogen-bond acceptors (Lipinski definition) is 11. The highest BCUT2D eigenvalue weighted by Crippen LogP contribution is 2.35. The molecular formula is C27H28O12. The Bertz CT molecular complexity index is 1280. The molecule has 0 bridgehead atoms. The second-order valence-electron chi connectivity index (χ2n) is 9.00. The van der Waals surface area contributed by atoms with E-state index in [1.807, 2.05) is 0 Å². The summed E-state index contributed by atoms with van der Waals surface area (Å²) in [6, 6.07) is 7.78. The number of carbonyl (C=O) groups is 3. The monoisotopic (exact) mass is 544 g/mol. The van der Waals surface area contributed by atoms with E-state index in [4.69, 9.17) is 9.47 Å². The van der Waals surface area contributed by atoms with Crippen LogP contribution in [0.25, 0.3) is 12.2 Å². The molecule has 0 amide bonds. The van der Waals surface area contributed by atoms with Crippen molar-refractivity contribution in [3.05, 3.63) is 59.7 Å². The van der Waals surface area contributed by atoms with Gasteiger partial charge in [-0.1, -0.05) is 24.3 Å². The maximum Gasteiger partial charge on any atom is 0.336 e. The summed E-state index contributed by atoms with van der Waals surface area (Å²) in [5.74, 6) is -4.14. The van der Waals surface area contributed by atoms with Gasteiger partial charge in [0.05, 0.1) is 12.2 Å². The molecule has 12 heteroatoms. The Kier molecular flexibility index (Phi) is 9.43. The van der Waals surface area contributed by atoms with Crippen LogP contribution in [0.1, 0.15) is 24.0 Å². The molecule has 7 N–H and O–H groups in total. The van der Waals surface area contributed by atoms with E-state index in [1.54, 1.807) is 0 Å². The molecular weight excluding hydrogens is 516 g/mol. The lowest BCUT2D eigenvalue weighted by Gasteiger charge is -2.42. The fourth-order valence-electron chi connectivity index (χ4n) is 3.91. The molecule has 12 nitrogen and oxygen atoms in total. The van der Waals surface area contributed by atoms with Crippen molar-refractivity contribution in [2.45, 2.75) is 36.8 Å². The molecule has 4 atom stereocenters. The number of carboxylic acids is 1. The van der Waals surface area contributed by atoms with Crippen LogP contribution >= 0.6 is 0 Å². The Labute approximate surface area is 222 Å². The van der Waals surface area contributed by atoms with Gasteiger partial charge in [-0.3, -0.25) is 9.59 Å². The molecule has 39 heavy (non-hydrogen) atoms. The fraction of sp³-hybridized carbons (Fsp3) is 0.296. The summed E-state index contributed by atoms with van der Waals surface area (Å²) in [5, 5.41) is 68.2. The minimum Gasteiger partial charge on any atom is -0.504 e. The number of phenols is 4. The standard InChI is InChI=1S/C27H28O12/c28-17(5-1-15-3-7-19(30)21(32)9-15)13-38-24-12-27(26(36)37,11-23(34)25(24)35)39-14-18(29)6-2-16-4-8-20(31)22(33)10-16/h1-10,23-25,30-35H,11-14H2,(H,36,37)/t23-,24+,25-,27+/m1/s1. The Morgan fingerprint density at radius 3 is 1.79 bits per heavy atom. The summed E-state index contributed by atoms with van der Waals surface area (Å²) in [7, 11) is 0. The van der Waals surface area contributed by atoms with E-state index in [1.165, 1.54) is 48.6 Å². The van der Waals surface area contributed by atoms with Gasteiger partial charge >= 0.3 is 5.97 Å². The van der Waals surface area contributed by atoms with Gasteiger partial charge in [-0.15, -0.1) is 0 Å². The van der Waals surface area contributed by atoms with Gasteiger partial charge in [0.2, 0.25) is 0 Å². The van der Waals surface area contributed by atoms with Crippen molar-refractivity contribution < 1.29 is 59.6 Å². The van der Waals surface area contributed by atoms with Crippen LogP contribution in [0.3, 0.4) is 0 Å². The van der Waals surface area contributed by atoms with Crippen LogP contribution in [-0.4, -0.2) is 90.4 Å². The Balaban J connectivity index is 1.62. The lowest BCUT2D eigenvalue weighted by molar-refractivity contribution is -0.205. The number of aliphatic hydroxyl groups is 2. The van der Waals surface area contributed by atoms with Crippen LogP contribution in [0, 0.1) is 0 Å². The van der Waals surface area contributed by atoms with Crippen LogP contribution in [0.5, 0.6) is 23.0 Å². The maximum atomic E-state index is 12.3. The van der Waals surface area contributed by atoms with Crippen molar-refractivity contribution in [1.29, 1.82) is 0 Å². The van der Waals surface area contributed by atoms with E-state index in [9.17, 15) is 50.1 Å². The van der Waals surface area contributed by atoms with E-state index in [-0.39, 0.29) is 23.0 Å². The van der Waals surface area contributed by atoms with Crippen molar-refractivity contribution in [3.8, 4) is 23.0 Å². The van der Waals surface area contributed by atoms with Crippen molar-refractivity contribution in [3.63, 3.8) is 0 Å². The lowest BCUT2D eigenvalue weighted by atomic mass is 9.79. The fourth-order valence-corrected chi connectivity index (χ4v) is 3.91. The second-order valence-corrected chi connectivity index (χ2v) is 9.00. The third-order valence-electron chi connectivity index (χ3n) is 6.09. The minimum absolute atomic E-state index is 0.328. The highest BCUT2D eigenvalue weighted by atomic mass is 16.5. The molecule has 0 radical (unpaired) electrons.